The van der Waals surface area contributed by atoms with Crippen molar-refractivity contribution in [3.63, 3.8) is 0 Å². The molecule has 23 heavy (non-hydrogen) atoms. The van der Waals surface area contributed by atoms with Gasteiger partial charge >= 0.3 is 0 Å². The van der Waals surface area contributed by atoms with Gasteiger partial charge in [0.15, 0.2) is 6.10 Å². The molecule has 0 saturated carbocycles. The highest BCUT2D eigenvalue weighted by Gasteiger charge is 2.27. The minimum Gasteiger partial charge on any atom is -0.481 e. The fourth-order valence-electron chi connectivity index (χ4n) is 2.59. The molecular formula is C17H27ClN2O3. The van der Waals surface area contributed by atoms with Crippen molar-refractivity contribution in [3.05, 3.63) is 30.3 Å². The second-order valence-corrected chi connectivity index (χ2v) is 5.61. The first-order valence-electron chi connectivity index (χ1n) is 8.03. The number of halogens is 1. The molecule has 1 amide bonds. The minimum atomic E-state index is -0.461. The molecule has 2 N–H and O–H groups in total. The number of piperidine rings is 1. The highest BCUT2D eigenvalue weighted by molar-refractivity contribution is 5.85. The maximum atomic E-state index is 12.4. The Morgan fingerprint density at radius 3 is 2.57 bits per heavy atom. The van der Waals surface area contributed by atoms with Crippen molar-refractivity contribution in [2.24, 2.45) is 5.73 Å². The largest absolute Gasteiger partial charge is 0.481 e. The van der Waals surface area contributed by atoms with Gasteiger partial charge in [-0.15, -0.1) is 12.4 Å². The number of carbonyl (C=O) groups is 1. The molecular weight excluding hydrogens is 316 g/mol. The molecule has 1 aliphatic rings. The van der Waals surface area contributed by atoms with Gasteiger partial charge in [-0.3, -0.25) is 4.79 Å². The number of hydrogen-bond donors (Lipinski definition) is 1. The predicted octanol–water partition coefficient (Wildman–Crippen LogP) is 2.23. The molecule has 1 saturated heterocycles. The zero-order valence-corrected chi connectivity index (χ0v) is 14.5. The first-order valence-corrected chi connectivity index (χ1v) is 8.03. The number of nitrogens with two attached hydrogens (primary N) is 1. The van der Waals surface area contributed by atoms with Crippen molar-refractivity contribution in [1.82, 2.24) is 4.90 Å². The molecule has 1 unspecified atom stereocenters. The van der Waals surface area contributed by atoms with Crippen molar-refractivity contribution < 1.29 is 14.3 Å². The van der Waals surface area contributed by atoms with Gasteiger partial charge in [-0.05, 0) is 44.9 Å². The van der Waals surface area contributed by atoms with Gasteiger partial charge in [-0.25, -0.2) is 0 Å². The van der Waals surface area contributed by atoms with Gasteiger partial charge in [0.1, 0.15) is 5.75 Å². The summed E-state index contributed by atoms with van der Waals surface area (Å²) >= 11 is 0. The van der Waals surface area contributed by atoms with Crippen molar-refractivity contribution >= 4 is 18.3 Å². The van der Waals surface area contributed by atoms with Crippen LogP contribution in [0.1, 0.15) is 26.2 Å². The second-order valence-electron chi connectivity index (χ2n) is 5.61. The SMILES string of the molecule is CC(Oc1ccccc1)C(=O)N1CCC(OCCCN)CC1.Cl. The van der Waals surface area contributed by atoms with Crippen LogP contribution in [0.3, 0.4) is 0 Å². The molecule has 1 atom stereocenters. The van der Waals surface area contributed by atoms with Crippen molar-refractivity contribution in [2.45, 2.75) is 38.4 Å². The van der Waals surface area contributed by atoms with Crippen molar-refractivity contribution in [1.29, 1.82) is 0 Å². The average molecular weight is 343 g/mol. The van der Waals surface area contributed by atoms with E-state index in [1.54, 1.807) is 6.92 Å². The summed E-state index contributed by atoms with van der Waals surface area (Å²) in [6.45, 7) is 4.64. The molecule has 0 aliphatic carbocycles. The summed E-state index contributed by atoms with van der Waals surface area (Å²) in [5.74, 6) is 0.771. The lowest BCUT2D eigenvalue weighted by atomic mass is 10.1. The fourth-order valence-corrected chi connectivity index (χ4v) is 2.59. The van der Waals surface area contributed by atoms with Crippen LogP contribution in [0.2, 0.25) is 0 Å². The van der Waals surface area contributed by atoms with E-state index in [-0.39, 0.29) is 24.4 Å². The number of ether oxygens (including phenoxy) is 2. The van der Waals surface area contributed by atoms with E-state index in [2.05, 4.69) is 0 Å². The summed E-state index contributed by atoms with van der Waals surface area (Å²) in [5.41, 5.74) is 5.46. The molecule has 1 heterocycles. The number of para-hydroxylation sites is 1. The van der Waals surface area contributed by atoms with Crippen LogP contribution >= 0.6 is 12.4 Å². The van der Waals surface area contributed by atoms with E-state index in [9.17, 15) is 4.79 Å². The summed E-state index contributed by atoms with van der Waals surface area (Å²) in [7, 11) is 0. The average Bonchev–Trinajstić information content (AvgIpc) is 2.56. The Kier molecular flexibility index (Phi) is 8.99. The number of hydrogen-bond acceptors (Lipinski definition) is 4. The van der Waals surface area contributed by atoms with Crippen LogP contribution in [0.25, 0.3) is 0 Å². The molecule has 0 aromatic heterocycles. The molecule has 0 bridgehead atoms. The summed E-state index contributed by atoms with van der Waals surface area (Å²) in [6.07, 6.45) is 2.45. The molecule has 2 rings (SSSR count). The van der Waals surface area contributed by atoms with Gasteiger partial charge in [0.05, 0.1) is 6.10 Å². The van der Waals surface area contributed by atoms with Crippen LogP contribution in [0.4, 0.5) is 0 Å². The molecule has 6 heteroatoms. The molecule has 1 aromatic carbocycles. The lowest BCUT2D eigenvalue weighted by molar-refractivity contribution is -0.140. The third kappa shape index (κ3) is 6.37. The van der Waals surface area contributed by atoms with Crippen molar-refractivity contribution in [2.75, 3.05) is 26.2 Å². The molecule has 0 spiro atoms. The maximum Gasteiger partial charge on any atom is 0.263 e. The first kappa shape index (κ1) is 19.7. The quantitative estimate of drug-likeness (QED) is 0.772. The lowest BCUT2D eigenvalue weighted by Crippen LogP contribution is -2.46. The summed E-state index contributed by atoms with van der Waals surface area (Å²) < 4.78 is 11.5. The fraction of sp³-hybridized carbons (Fsp3) is 0.588. The Balaban J connectivity index is 0.00000264. The molecule has 0 radical (unpaired) electrons. The van der Waals surface area contributed by atoms with Gasteiger partial charge in [0.2, 0.25) is 0 Å². The van der Waals surface area contributed by atoms with Crippen LogP contribution in [-0.2, 0) is 9.53 Å². The Bertz CT molecular complexity index is 450. The number of rotatable bonds is 7. The van der Waals surface area contributed by atoms with Crippen LogP contribution in [0.5, 0.6) is 5.75 Å². The van der Waals surface area contributed by atoms with Crippen LogP contribution < -0.4 is 10.5 Å². The highest BCUT2D eigenvalue weighted by atomic mass is 35.5. The van der Waals surface area contributed by atoms with E-state index in [1.165, 1.54) is 0 Å². The van der Waals surface area contributed by atoms with Crippen LogP contribution in [-0.4, -0.2) is 49.3 Å². The molecule has 1 fully saturated rings. The number of nitrogens with zero attached hydrogens (tertiary/aromatic N) is 1. The minimum absolute atomic E-state index is 0. The van der Waals surface area contributed by atoms with Gasteiger partial charge in [-0.2, -0.15) is 0 Å². The first-order chi connectivity index (χ1) is 10.7. The monoisotopic (exact) mass is 342 g/mol. The Hall–Kier alpha value is -1.30. The predicted molar refractivity (Wildman–Crippen MR) is 93.0 cm³/mol. The third-order valence-electron chi connectivity index (χ3n) is 3.86. The smallest absolute Gasteiger partial charge is 0.263 e. The number of amides is 1. The van der Waals surface area contributed by atoms with Gasteiger partial charge in [-0.1, -0.05) is 18.2 Å². The Morgan fingerprint density at radius 2 is 1.96 bits per heavy atom. The van der Waals surface area contributed by atoms with E-state index < -0.39 is 6.10 Å². The second kappa shape index (κ2) is 10.5. The molecule has 1 aliphatic heterocycles. The van der Waals surface area contributed by atoms with E-state index >= 15 is 0 Å². The number of carbonyl (C=O) groups excluding carboxylic acids is 1. The van der Waals surface area contributed by atoms with Crippen LogP contribution in [0.15, 0.2) is 30.3 Å². The normalized spacial score (nSPS) is 16.5. The van der Waals surface area contributed by atoms with Crippen molar-refractivity contribution in [3.8, 4) is 5.75 Å². The van der Waals surface area contributed by atoms with Gasteiger partial charge < -0.3 is 20.1 Å². The zero-order valence-electron chi connectivity index (χ0n) is 13.6. The zero-order chi connectivity index (χ0) is 15.8. The van der Waals surface area contributed by atoms with Gasteiger partial charge in [0.25, 0.3) is 5.91 Å². The molecule has 5 nitrogen and oxygen atoms in total. The Labute approximate surface area is 144 Å². The lowest BCUT2D eigenvalue weighted by Gasteiger charge is -2.33. The Morgan fingerprint density at radius 1 is 1.30 bits per heavy atom. The maximum absolute atomic E-state index is 12.4. The van der Waals surface area contributed by atoms with E-state index in [0.717, 1.165) is 38.1 Å². The van der Waals surface area contributed by atoms with E-state index in [1.807, 2.05) is 35.2 Å². The summed E-state index contributed by atoms with van der Waals surface area (Å²) in [4.78, 5) is 14.3. The standard InChI is InChI=1S/C17H26N2O3.ClH/c1-14(22-16-6-3-2-4-7-16)17(20)19-11-8-15(9-12-19)21-13-5-10-18;/h2-4,6-7,14-15H,5,8-13,18H2,1H3;1H. The van der Waals surface area contributed by atoms with Gasteiger partial charge in [0, 0.05) is 19.7 Å². The summed E-state index contributed by atoms with van der Waals surface area (Å²) in [5, 5.41) is 0. The molecule has 1 aromatic rings. The number of likely N-dealkylation sites (tertiary alicyclic amines) is 1. The van der Waals surface area contributed by atoms with E-state index in [4.69, 9.17) is 15.2 Å². The van der Waals surface area contributed by atoms with E-state index in [0.29, 0.717) is 13.2 Å². The highest BCUT2D eigenvalue weighted by Crippen LogP contribution is 2.17. The number of benzene rings is 1. The van der Waals surface area contributed by atoms with Crippen LogP contribution in [0, 0.1) is 0 Å². The molecule has 130 valence electrons. The topological polar surface area (TPSA) is 64.8 Å². The third-order valence-corrected chi connectivity index (χ3v) is 3.86. The summed E-state index contributed by atoms with van der Waals surface area (Å²) in [6, 6.07) is 9.45.